The average Bonchev–Trinajstić information content (AvgIpc) is 3.01. The van der Waals surface area contributed by atoms with Crippen molar-refractivity contribution in [2.45, 2.75) is 90.3 Å². The number of para-hydroxylation sites is 1. The molecule has 3 rings (SSSR count). The number of rotatable bonds is 16. The van der Waals surface area contributed by atoms with Gasteiger partial charge in [0.2, 0.25) is 18.2 Å². The molecule has 3 amide bonds. The van der Waals surface area contributed by atoms with Crippen LogP contribution in [0.25, 0.3) is 0 Å². The molecule has 1 fully saturated rings. The van der Waals surface area contributed by atoms with Crippen LogP contribution in [0.15, 0.2) is 48.5 Å². The molecule has 9 nitrogen and oxygen atoms in total. The minimum Gasteiger partial charge on any atom is -0.492 e. The van der Waals surface area contributed by atoms with Crippen molar-refractivity contribution in [1.82, 2.24) is 20.9 Å². The molecule has 0 aromatic heterocycles. The Labute approximate surface area is 268 Å². The normalized spacial score (nSPS) is 14.7. The number of aryl methyl sites for hydroxylation is 2. The van der Waals surface area contributed by atoms with E-state index in [4.69, 9.17) is 4.74 Å². The first-order chi connectivity index (χ1) is 21.5. The van der Waals surface area contributed by atoms with Gasteiger partial charge in [-0.2, -0.15) is 0 Å². The third kappa shape index (κ3) is 13.2. The Morgan fingerprint density at radius 3 is 2.36 bits per heavy atom. The van der Waals surface area contributed by atoms with Crippen molar-refractivity contribution < 1.29 is 28.6 Å². The highest BCUT2D eigenvalue weighted by molar-refractivity contribution is 5.90. The van der Waals surface area contributed by atoms with Crippen molar-refractivity contribution in [3.05, 3.63) is 65.5 Å². The molecule has 1 saturated carbocycles. The Morgan fingerprint density at radius 2 is 1.76 bits per heavy atom. The number of halogens is 1. The van der Waals surface area contributed by atoms with Gasteiger partial charge in [-0.25, -0.2) is 4.39 Å². The Bertz CT molecular complexity index is 1140. The van der Waals surface area contributed by atoms with Crippen LogP contribution in [0.1, 0.15) is 70.4 Å². The zero-order chi connectivity index (χ0) is 33.2. The van der Waals surface area contributed by atoms with Crippen LogP contribution < -0.4 is 20.7 Å². The van der Waals surface area contributed by atoms with Crippen molar-refractivity contribution in [1.29, 1.82) is 0 Å². The fourth-order valence-corrected chi connectivity index (χ4v) is 5.71. The second kappa shape index (κ2) is 19.8. The lowest BCUT2D eigenvalue weighted by molar-refractivity contribution is -0.150. The SMILES string of the molecule is CCNC(=O)C(N(C)C(=O)C(NCCOc1ccccc1CCCNC=O)C1CCCCC1)C(C)(C)O.Cc1ccc(F)cc1. The minimum absolute atomic E-state index is 0.165. The van der Waals surface area contributed by atoms with Crippen LogP contribution in [-0.4, -0.2) is 79.2 Å². The fraction of sp³-hybridized carbons (Fsp3) is 0.571. The van der Waals surface area contributed by atoms with Gasteiger partial charge in [0.1, 0.15) is 24.2 Å². The second-order valence-corrected chi connectivity index (χ2v) is 12.2. The lowest BCUT2D eigenvalue weighted by atomic mass is 9.83. The summed E-state index contributed by atoms with van der Waals surface area (Å²) in [5, 5.41) is 19.6. The number of hydrogen-bond donors (Lipinski definition) is 4. The predicted molar refractivity (Wildman–Crippen MR) is 175 cm³/mol. The van der Waals surface area contributed by atoms with Crippen molar-refractivity contribution >= 4 is 18.2 Å². The largest absolute Gasteiger partial charge is 0.492 e. The summed E-state index contributed by atoms with van der Waals surface area (Å²) in [6, 6.07) is 12.8. The van der Waals surface area contributed by atoms with E-state index in [1.165, 1.54) is 23.5 Å². The van der Waals surface area contributed by atoms with E-state index in [1.54, 1.807) is 33.0 Å². The molecule has 0 bridgehead atoms. The predicted octanol–water partition coefficient (Wildman–Crippen LogP) is 4.15. The van der Waals surface area contributed by atoms with Crippen molar-refractivity contribution in [3.8, 4) is 5.75 Å². The summed E-state index contributed by atoms with van der Waals surface area (Å²) in [6.07, 6.45) is 7.53. The van der Waals surface area contributed by atoms with Gasteiger partial charge in [0.25, 0.3) is 0 Å². The van der Waals surface area contributed by atoms with Crippen LogP contribution in [0.5, 0.6) is 5.75 Å². The number of carbonyl (C=O) groups is 3. The maximum atomic E-state index is 13.7. The molecule has 0 saturated heterocycles. The number of amides is 3. The monoisotopic (exact) mass is 628 g/mol. The maximum Gasteiger partial charge on any atom is 0.245 e. The first-order valence-corrected chi connectivity index (χ1v) is 16.1. The summed E-state index contributed by atoms with van der Waals surface area (Å²) in [4.78, 5) is 38.4. The highest BCUT2D eigenvalue weighted by Gasteiger charge is 2.42. The summed E-state index contributed by atoms with van der Waals surface area (Å²) in [6.45, 7) is 8.74. The standard InChI is InChI=1S/C28H46N4O5.C7H7F/c1-5-30-26(34)25(28(2,3)36)32(4)27(35)24(22-13-7-6-8-14-22)31-18-19-37-23-16-10-9-12-21(23)15-11-17-29-20-33;1-6-2-4-7(8)5-3-6/h9-10,12,16,20,22,24-25,31,36H,5-8,11,13-15,17-19H2,1-4H3,(H,29,33)(H,30,34);2-5H,1H3. The molecule has 10 heteroatoms. The van der Waals surface area contributed by atoms with Gasteiger partial charge < -0.3 is 30.7 Å². The van der Waals surface area contributed by atoms with Gasteiger partial charge in [-0.1, -0.05) is 55.2 Å². The molecule has 1 aliphatic rings. The van der Waals surface area contributed by atoms with E-state index >= 15 is 0 Å². The van der Waals surface area contributed by atoms with Gasteiger partial charge >= 0.3 is 0 Å². The van der Waals surface area contributed by atoms with E-state index in [9.17, 15) is 23.9 Å². The average molecular weight is 629 g/mol. The molecule has 2 unspecified atom stereocenters. The molecule has 0 aliphatic heterocycles. The summed E-state index contributed by atoms with van der Waals surface area (Å²) < 4.78 is 18.1. The summed E-state index contributed by atoms with van der Waals surface area (Å²) in [7, 11) is 1.60. The first-order valence-electron chi connectivity index (χ1n) is 16.1. The molecule has 45 heavy (non-hydrogen) atoms. The molecule has 250 valence electrons. The molecule has 2 atom stereocenters. The van der Waals surface area contributed by atoms with Gasteiger partial charge in [0.15, 0.2) is 0 Å². The fourth-order valence-electron chi connectivity index (χ4n) is 5.71. The molecule has 2 aromatic carbocycles. The molecule has 0 radical (unpaired) electrons. The minimum atomic E-state index is -1.39. The Hall–Kier alpha value is -3.50. The third-order valence-corrected chi connectivity index (χ3v) is 7.95. The van der Waals surface area contributed by atoms with Crippen LogP contribution in [0.2, 0.25) is 0 Å². The topological polar surface area (TPSA) is 120 Å². The highest BCUT2D eigenvalue weighted by atomic mass is 19.1. The molecule has 0 heterocycles. The number of hydrogen-bond acceptors (Lipinski definition) is 6. The summed E-state index contributed by atoms with van der Waals surface area (Å²) in [5.74, 6) is 0.241. The number of likely N-dealkylation sites (N-methyl/N-ethyl adjacent to an activating group) is 2. The van der Waals surface area contributed by atoms with E-state index in [1.807, 2.05) is 38.1 Å². The second-order valence-electron chi connectivity index (χ2n) is 12.2. The van der Waals surface area contributed by atoms with Gasteiger partial charge in [0.05, 0.1) is 11.6 Å². The smallest absolute Gasteiger partial charge is 0.245 e. The van der Waals surface area contributed by atoms with E-state index in [2.05, 4.69) is 16.0 Å². The van der Waals surface area contributed by atoms with E-state index in [0.717, 1.165) is 55.4 Å². The van der Waals surface area contributed by atoms with E-state index in [0.29, 0.717) is 32.7 Å². The van der Waals surface area contributed by atoms with Gasteiger partial charge in [0, 0.05) is 26.7 Å². The number of nitrogens with zero attached hydrogens (tertiary/aromatic N) is 1. The number of nitrogens with one attached hydrogen (secondary N) is 3. The number of aliphatic hydroxyl groups is 1. The molecule has 2 aromatic rings. The number of carbonyl (C=O) groups excluding carboxylic acids is 3. The lowest BCUT2D eigenvalue weighted by Crippen LogP contribution is -2.62. The quantitative estimate of drug-likeness (QED) is 0.164. The molecular weight excluding hydrogens is 575 g/mol. The van der Waals surface area contributed by atoms with Gasteiger partial charge in [-0.15, -0.1) is 0 Å². The van der Waals surface area contributed by atoms with Gasteiger partial charge in [-0.3, -0.25) is 14.4 Å². The van der Waals surface area contributed by atoms with Crippen molar-refractivity contribution in [3.63, 3.8) is 0 Å². The van der Waals surface area contributed by atoms with Crippen LogP contribution >= 0.6 is 0 Å². The Balaban J connectivity index is 0.000000761. The van der Waals surface area contributed by atoms with Crippen molar-refractivity contribution in [2.75, 3.05) is 33.3 Å². The van der Waals surface area contributed by atoms with Gasteiger partial charge in [-0.05, 0) is 83.1 Å². The first kappa shape index (κ1) is 37.7. The van der Waals surface area contributed by atoms with Crippen LogP contribution in [-0.2, 0) is 20.8 Å². The van der Waals surface area contributed by atoms with Crippen molar-refractivity contribution in [2.24, 2.45) is 5.92 Å². The molecule has 1 aliphatic carbocycles. The highest BCUT2D eigenvalue weighted by Crippen LogP contribution is 2.28. The van der Waals surface area contributed by atoms with E-state index < -0.39 is 17.7 Å². The van der Waals surface area contributed by atoms with Crippen LogP contribution in [0.3, 0.4) is 0 Å². The molecule has 0 spiro atoms. The van der Waals surface area contributed by atoms with Crippen LogP contribution in [0.4, 0.5) is 4.39 Å². The summed E-state index contributed by atoms with van der Waals surface area (Å²) in [5.41, 5.74) is 0.769. The molecule has 4 N–H and O–H groups in total. The Morgan fingerprint density at radius 1 is 1.09 bits per heavy atom. The molecular formula is C35H53FN4O5. The number of ether oxygens (including phenoxy) is 1. The Kier molecular flexibility index (Phi) is 16.6. The summed E-state index contributed by atoms with van der Waals surface area (Å²) >= 11 is 0. The third-order valence-electron chi connectivity index (χ3n) is 7.95. The zero-order valence-electron chi connectivity index (χ0n) is 27.6. The van der Waals surface area contributed by atoms with E-state index in [-0.39, 0.29) is 23.5 Å². The lowest BCUT2D eigenvalue weighted by Gasteiger charge is -2.39. The maximum absolute atomic E-state index is 13.7. The van der Waals surface area contributed by atoms with Crippen LogP contribution in [0, 0.1) is 18.7 Å². The zero-order valence-corrected chi connectivity index (χ0v) is 27.6. The number of benzene rings is 2.